The maximum Gasteiger partial charge on any atom is 0.263 e. The van der Waals surface area contributed by atoms with Crippen molar-refractivity contribution in [3.05, 3.63) is 76.9 Å². The van der Waals surface area contributed by atoms with Gasteiger partial charge in [0.2, 0.25) is 0 Å². The minimum atomic E-state index is -3.79. The topological polar surface area (TPSA) is 97.4 Å². The molecule has 0 saturated heterocycles. The zero-order chi connectivity index (χ0) is 20.9. The van der Waals surface area contributed by atoms with Crippen molar-refractivity contribution in [3.8, 4) is 5.75 Å². The van der Waals surface area contributed by atoms with E-state index in [1.165, 1.54) is 42.6 Å². The summed E-state index contributed by atoms with van der Waals surface area (Å²) in [6, 6.07) is 15.2. The fraction of sp³-hybridized carbons (Fsp3) is 0.0526. The molecule has 0 aliphatic rings. The first-order valence-corrected chi connectivity index (χ1v) is 10.5. The lowest BCUT2D eigenvalue weighted by molar-refractivity contribution is -0.118. The molecule has 1 amide bonds. The van der Waals surface area contributed by atoms with Gasteiger partial charge in [-0.2, -0.15) is 0 Å². The number of amides is 1. The highest BCUT2D eigenvalue weighted by atomic mass is 35.5. The third kappa shape index (κ3) is 5.83. The van der Waals surface area contributed by atoms with Crippen LogP contribution < -0.4 is 14.8 Å². The van der Waals surface area contributed by atoms with Crippen molar-refractivity contribution in [3.63, 3.8) is 0 Å². The number of nitrogens with zero attached hydrogens (tertiary/aromatic N) is 1. The number of hydrogen-bond acceptors (Lipinski definition) is 5. The van der Waals surface area contributed by atoms with E-state index >= 15 is 0 Å². The molecule has 0 aliphatic heterocycles. The van der Waals surface area contributed by atoms with Crippen LogP contribution in [0.2, 0.25) is 10.0 Å². The Morgan fingerprint density at radius 2 is 1.79 bits per heavy atom. The van der Waals surface area contributed by atoms with Crippen LogP contribution in [0, 0.1) is 0 Å². The second-order valence-corrected chi connectivity index (χ2v) is 8.28. The van der Waals surface area contributed by atoms with Crippen LogP contribution in [0.4, 0.5) is 11.5 Å². The van der Waals surface area contributed by atoms with Crippen molar-refractivity contribution < 1.29 is 17.9 Å². The zero-order valence-electron chi connectivity index (χ0n) is 14.8. The van der Waals surface area contributed by atoms with Crippen LogP contribution in [0.1, 0.15) is 0 Å². The highest BCUT2D eigenvalue weighted by molar-refractivity contribution is 7.92. The van der Waals surface area contributed by atoms with E-state index in [2.05, 4.69) is 15.0 Å². The molecule has 2 aromatic carbocycles. The van der Waals surface area contributed by atoms with Crippen molar-refractivity contribution in [2.24, 2.45) is 0 Å². The van der Waals surface area contributed by atoms with E-state index in [1.54, 1.807) is 24.3 Å². The second-order valence-electron chi connectivity index (χ2n) is 5.76. The highest BCUT2D eigenvalue weighted by Gasteiger charge is 2.15. The molecule has 0 fully saturated rings. The Morgan fingerprint density at radius 1 is 1.03 bits per heavy atom. The van der Waals surface area contributed by atoms with Crippen LogP contribution in [-0.4, -0.2) is 25.9 Å². The van der Waals surface area contributed by atoms with E-state index < -0.39 is 15.9 Å². The number of nitrogens with one attached hydrogen (secondary N) is 2. The summed E-state index contributed by atoms with van der Waals surface area (Å²) in [7, 11) is -3.79. The Kier molecular flexibility index (Phi) is 6.58. The van der Waals surface area contributed by atoms with E-state index in [1.807, 2.05) is 0 Å². The third-order valence-corrected chi connectivity index (χ3v) is 5.52. The van der Waals surface area contributed by atoms with Gasteiger partial charge in [0.15, 0.2) is 6.61 Å². The molecule has 0 aliphatic carbocycles. The van der Waals surface area contributed by atoms with Gasteiger partial charge in [0.05, 0.1) is 9.92 Å². The van der Waals surface area contributed by atoms with Crippen molar-refractivity contribution in [1.29, 1.82) is 0 Å². The number of rotatable bonds is 7. The lowest BCUT2D eigenvalue weighted by Gasteiger charge is -2.10. The standard InChI is InChI=1S/C19H15Cl2N3O4S/c20-13-4-9-16(21)17(11-13)28-12-19(25)23-14-5-7-15(8-6-14)29(26,27)24-18-3-1-2-10-22-18/h1-11H,12H2,(H,22,24)(H,23,25). The number of benzene rings is 2. The summed E-state index contributed by atoms with van der Waals surface area (Å²) in [5, 5.41) is 3.37. The molecule has 1 aromatic heterocycles. The minimum Gasteiger partial charge on any atom is -0.482 e. The van der Waals surface area contributed by atoms with E-state index in [9.17, 15) is 13.2 Å². The molecule has 0 saturated carbocycles. The number of anilines is 2. The molecule has 0 radical (unpaired) electrons. The Bertz CT molecular complexity index is 1110. The van der Waals surface area contributed by atoms with Crippen molar-refractivity contribution in [2.75, 3.05) is 16.6 Å². The SMILES string of the molecule is O=C(COc1cc(Cl)ccc1Cl)Nc1ccc(S(=O)(=O)Nc2ccccn2)cc1. The Labute approximate surface area is 177 Å². The Hall–Kier alpha value is -2.81. The summed E-state index contributed by atoms with van der Waals surface area (Å²) >= 11 is 11.8. The fourth-order valence-electron chi connectivity index (χ4n) is 2.27. The van der Waals surface area contributed by atoms with Gasteiger partial charge in [-0.15, -0.1) is 0 Å². The predicted molar refractivity (Wildman–Crippen MR) is 112 cm³/mol. The number of ether oxygens (including phenoxy) is 1. The van der Waals surface area contributed by atoms with Crippen LogP contribution >= 0.6 is 23.2 Å². The smallest absolute Gasteiger partial charge is 0.263 e. The van der Waals surface area contributed by atoms with Gasteiger partial charge in [-0.05, 0) is 48.5 Å². The monoisotopic (exact) mass is 451 g/mol. The van der Waals surface area contributed by atoms with Crippen LogP contribution in [0.5, 0.6) is 5.75 Å². The van der Waals surface area contributed by atoms with Gasteiger partial charge in [-0.25, -0.2) is 13.4 Å². The normalized spacial score (nSPS) is 11.0. The Morgan fingerprint density at radius 3 is 2.48 bits per heavy atom. The first kappa shape index (κ1) is 20.9. The summed E-state index contributed by atoms with van der Waals surface area (Å²) in [6.45, 7) is -0.290. The molecule has 2 N–H and O–H groups in total. The van der Waals surface area contributed by atoms with E-state index in [0.29, 0.717) is 15.7 Å². The molecule has 0 atom stereocenters. The summed E-state index contributed by atoms with van der Waals surface area (Å²) in [5.74, 6) is 0.0568. The molecular formula is C19H15Cl2N3O4S. The predicted octanol–water partition coefficient (Wildman–Crippen LogP) is 4.21. The molecule has 7 nitrogen and oxygen atoms in total. The van der Waals surface area contributed by atoms with Gasteiger partial charge in [-0.3, -0.25) is 9.52 Å². The average molecular weight is 452 g/mol. The van der Waals surface area contributed by atoms with Crippen LogP contribution in [-0.2, 0) is 14.8 Å². The molecule has 0 bridgehead atoms. The first-order valence-electron chi connectivity index (χ1n) is 8.25. The number of pyridine rings is 1. The number of halogens is 2. The fourth-order valence-corrected chi connectivity index (χ4v) is 3.61. The second kappa shape index (κ2) is 9.13. The molecule has 0 spiro atoms. The van der Waals surface area contributed by atoms with Crippen LogP contribution in [0.25, 0.3) is 0 Å². The van der Waals surface area contributed by atoms with Gasteiger partial charge >= 0.3 is 0 Å². The molecule has 3 rings (SSSR count). The van der Waals surface area contributed by atoms with Crippen LogP contribution in [0.15, 0.2) is 71.8 Å². The molecular weight excluding hydrogens is 437 g/mol. The maximum absolute atomic E-state index is 12.4. The van der Waals surface area contributed by atoms with E-state index in [0.717, 1.165) is 0 Å². The largest absolute Gasteiger partial charge is 0.482 e. The number of hydrogen-bond donors (Lipinski definition) is 2. The summed E-state index contributed by atoms with van der Waals surface area (Å²) in [6.07, 6.45) is 1.48. The number of aromatic nitrogens is 1. The first-order chi connectivity index (χ1) is 13.8. The maximum atomic E-state index is 12.4. The quantitative estimate of drug-likeness (QED) is 0.560. The summed E-state index contributed by atoms with van der Waals surface area (Å²) in [5.41, 5.74) is 0.410. The lowest BCUT2D eigenvalue weighted by Crippen LogP contribution is -2.20. The molecule has 29 heavy (non-hydrogen) atoms. The summed E-state index contributed by atoms with van der Waals surface area (Å²) < 4.78 is 32.5. The molecule has 3 aromatic rings. The molecule has 0 unspecified atom stereocenters. The van der Waals surface area contributed by atoms with Gasteiger partial charge in [0.1, 0.15) is 11.6 Å². The number of carbonyl (C=O) groups excluding carboxylic acids is 1. The van der Waals surface area contributed by atoms with Gasteiger partial charge in [-0.1, -0.05) is 29.3 Å². The van der Waals surface area contributed by atoms with Gasteiger partial charge < -0.3 is 10.1 Å². The van der Waals surface area contributed by atoms with Crippen molar-refractivity contribution >= 4 is 50.6 Å². The number of carbonyl (C=O) groups is 1. The molecule has 150 valence electrons. The van der Waals surface area contributed by atoms with Gasteiger partial charge in [0.25, 0.3) is 15.9 Å². The number of sulfonamides is 1. The molecule has 1 heterocycles. The summed E-state index contributed by atoms with van der Waals surface area (Å²) in [4.78, 5) is 16.0. The van der Waals surface area contributed by atoms with Crippen molar-refractivity contribution in [2.45, 2.75) is 4.90 Å². The van der Waals surface area contributed by atoms with Crippen molar-refractivity contribution in [1.82, 2.24) is 4.98 Å². The van der Waals surface area contributed by atoms with Gasteiger partial charge in [0, 0.05) is 23.0 Å². The minimum absolute atomic E-state index is 0.0307. The van der Waals surface area contributed by atoms with E-state index in [4.69, 9.17) is 27.9 Å². The van der Waals surface area contributed by atoms with E-state index in [-0.39, 0.29) is 23.1 Å². The third-order valence-electron chi connectivity index (χ3n) is 3.60. The zero-order valence-corrected chi connectivity index (χ0v) is 17.1. The van der Waals surface area contributed by atoms with Crippen LogP contribution in [0.3, 0.4) is 0 Å². The lowest BCUT2D eigenvalue weighted by atomic mass is 10.3. The highest BCUT2D eigenvalue weighted by Crippen LogP contribution is 2.27. The molecule has 10 heteroatoms. The Balaban J connectivity index is 1.60. The average Bonchev–Trinajstić information content (AvgIpc) is 2.69.